The van der Waals surface area contributed by atoms with Gasteiger partial charge in [0.25, 0.3) is 0 Å². The molecule has 0 fully saturated rings. The van der Waals surface area contributed by atoms with E-state index in [-0.39, 0.29) is 17.7 Å². The van der Waals surface area contributed by atoms with E-state index in [1.54, 1.807) is 13.8 Å². The van der Waals surface area contributed by atoms with Gasteiger partial charge in [0.2, 0.25) is 0 Å². The van der Waals surface area contributed by atoms with Crippen LogP contribution in [0.15, 0.2) is 12.1 Å². The first-order valence-electron chi connectivity index (χ1n) is 5.94. The van der Waals surface area contributed by atoms with Crippen LogP contribution in [0.25, 0.3) is 0 Å². The molecule has 6 nitrogen and oxygen atoms in total. The highest BCUT2D eigenvalue weighted by molar-refractivity contribution is 5.93. The Bertz CT molecular complexity index is 533. The highest BCUT2D eigenvalue weighted by atomic mass is 16.5. The number of hydrogen-bond acceptors (Lipinski definition) is 5. The number of methoxy groups -OCH3 is 2. The van der Waals surface area contributed by atoms with Crippen LogP contribution in [-0.2, 0) is 14.9 Å². The topological polar surface area (TPSA) is 93.1 Å². The Morgan fingerprint density at radius 2 is 1.85 bits per heavy atom. The van der Waals surface area contributed by atoms with Crippen molar-refractivity contribution in [3.05, 3.63) is 23.3 Å². The zero-order valence-electron chi connectivity index (χ0n) is 11.9. The third-order valence-corrected chi connectivity index (χ3v) is 3.05. The quantitative estimate of drug-likeness (QED) is 0.802. The molecule has 0 aliphatic carbocycles. The first kappa shape index (κ1) is 15.8. The number of benzene rings is 1. The molecule has 0 bridgehead atoms. The van der Waals surface area contributed by atoms with Gasteiger partial charge in [-0.05, 0) is 6.07 Å². The van der Waals surface area contributed by atoms with E-state index in [1.807, 2.05) is 0 Å². The molecule has 20 heavy (non-hydrogen) atoms. The summed E-state index contributed by atoms with van der Waals surface area (Å²) in [6, 6.07) is 2.69. The van der Waals surface area contributed by atoms with Crippen LogP contribution >= 0.6 is 0 Å². The second kappa shape index (κ2) is 5.81. The molecule has 1 rings (SSSR count). The van der Waals surface area contributed by atoms with Crippen molar-refractivity contribution >= 4 is 11.9 Å². The lowest BCUT2D eigenvalue weighted by molar-refractivity contribution is -0.138. The lowest BCUT2D eigenvalue weighted by Gasteiger charge is -2.26. The highest BCUT2D eigenvalue weighted by Crippen LogP contribution is 2.38. The van der Waals surface area contributed by atoms with Crippen molar-refractivity contribution in [2.24, 2.45) is 0 Å². The first-order chi connectivity index (χ1) is 9.22. The predicted octanol–water partition coefficient (Wildman–Crippen LogP) is 1.94. The average Bonchev–Trinajstić information content (AvgIpc) is 2.35. The van der Waals surface area contributed by atoms with E-state index in [0.717, 1.165) is 0 Å². The summed E-state index contributed by atoms with van der Waals surface area (Å²) in [7, 11) is 2.61. The van der Waals surface area contributed by atoms with Crippen LogP contribution in [0, 0.1) is 0 Å². The van der Waals surface area contributed by atoms with Crippen molar-refractivity contribution in [1.29, 1.82) is 0 Å². The van der Waals surface area contributed by atoms with Gasteiger partial charge in [0.1, 0.15) is 17.1 Å². The fourth-order valence-electron chi connectivity index (χ4n) is 2.01. The van der Waals surface area contributed by atoms with Crippen molar-refractivity contribution in [1.82, 2.24) is 0 Å². The van der Waals surface area contributed by atoms with E-state index in [2.05, 4.69) is 4.74 Å². The normalized spacial score (nSPS) is 11.0. The molecule has 2 N–H and O–H groups in total. The zero-order chi connectivity index (χ0) is 15.5. The Hall–Kier alpha value is -2.24. The van der Waals surface area contributed by atoms with Crippen LogP contribution in [0.4, 0.5) is 0 Å². The smallest absolute Gasteiger partial charge is 0.341 e. The number of hydrogen-bond donors (Lipinski definition) is 2. The summed E-state index contributed by atoms with van der Waals surface area (Å²) < 4.78 is 9.74. The molecule has 0 unspecified atom stereocenters. The monoisotopic (exact) mass is 282 g/mol. The van der Waals surface area contributed by atoms with E-state index in [4.69, 9.17) is 9.84 Å². The number of rotatable bonds is 5. The van der Waals surface area contributed by atoms with Crippen LogP contribution in [0.1, 0.15) is 36.2 Å². The van der Waals surface area contributed by atoms with Gasteiger partial charge in [0, 0.05) is 17.0 Å². The minimum atomic E-state index is -0.968. The van der Waals surface area contributed by atoms with E-state index < -0.39 is 17.4 Å². The van der Waals surface area contributed by atoms with E-state index in [9.17, 15) is 14.7 Å². The number of carbonyl (C=O) groups excluding carboxylic acids is 1. The van der Waals surface area contributed by atoms with Crippen LogP contribution < -0.4 is 4.74 Å². The van der Waals surface area contributed by atoms with Gasteiger partial charge in [0.05, 0.1) is 20.6 Å². The molecule has 0 amide bonds. The minimum absolute atomic E-state index is 0.0261. The molecule has 110 valence electrons. The van der Waals surface area contributed by atoms with Crippen LogP contribution in [-0.4, -0.2) is 36.4 Å². The molecule has 1 aromatic carbocycles. The zero-order valence-corrected chi connectivity index (χ0v) is 11.9. The van der Waals surface area contributed by atoms with Gasteiger partial charge in [-0.3, -0.25) is 4.79 Å². The Balaban J connectivity index is 3.43. The summed E-state index contributed by atoms with van der Waals surface area (Å²) >= 11 is 0. The second-order valence-electron chi connectivity index (χ2n) is 5.02. The Morgan fingerprint density at radius 1 is 1.25 bits per heavy atom. The number of carboxylic acid groups (broad SMARTS) is 1. The van der Waals surface area contributed by atoms with Gasteiger partial charge >= 0.3 is 11.9 Å². The summed E-state index contributed by atoms with van der Waals surface area (Å²) in [6.45, 7) is 3.44. The standard InChI is InChI=1S/C14H18O6/c1-14(2,7-12(16)17)9-5-8(13(18)20-4)10(15)6-11(9)19-3/h5-6,15H,7H2,1-4H3,(H,16,17). The molecule has 1 aromatic rings. The Kier molecular flexibility index (Phi) is 4.60. The van der Waals surface area contributed by atoms with E-state index in [1.165, 1.54) is 26.4 Å². The van der Waals surface area contributed by atoms with Gasteiger partial charge in [-0.1, -0.05) is 13.8 Å². The van der Waals surface area contributed by atoms with Crippen molar-refractivity contribution in [2.45, 2.75) is 25.7 Å². The lowest BCUT2D eigenvalue weighted by atomic mass is 9.80. The van der Waals surface area contributed by atoms with Gasteiger partial charge in [-0.2, -0.15) is 0 Å². The van der Waals surface area contributed by atoms with Crippen molar-refractivity contribution in [3.8, 4) is 11.5 Å². The fourth-order valence-corrected chi connectivity index (χ4v) is 2.01. The van der Waals surface area contributed by atoms with Crippen molar-refractivity contribution in [2.75, 3.05) is 14.2 Å². The van der Waals surface area contributed by atoms with Crippen LogP contribution in [0.3, 0.4) is 0 Å². The summed E-state index contributed by atoms with van der Waals surface area (Å²) in [5.41, 5.74) is -0.282. The third kappa shape index (κ3) is 3.20. The average molecular weight is 282 g/mol. The predicted molar refractivity (Wildman–Crippen MR) is 71.3 cm³/mol. The van der Waals surface area contributed by atoms with Gasteiger partial charge in [-0.25, -0.2) is 4.79 Å². The first-order valence-corrected chi connectivity index (χ1v) is 5.94. The molecule has 0 radical (unpaired) electrons. The summed E-state index contributed by atoms with van der Waals surface area (Å²) in [4.78, 5) is 22.5. The second-order valence-corrected chi connectivity index (χ2v) is 5.02. The van der Waals surface area contributed by atoms with Crippen molar-refractivity contribution < 1.29 is 29.3 Å². The molecule has 0 atom stereocenters. The number of ether oxygens (including phenoxy) is 2. The SMILES string of the molecule is COC(=O)c1cc(C(C)(C)CC(=O)O)c(OC)cc1O. The van der Waals surface area contributed by atoms with Gasteiger partial charge in [-0.15, -0.1) is 0 Å². The Morgan fingerprint density at radius 3 is 2.30 bits per heavy atom. The summed E-state index contributed by atoms with van der Waals surface area (Å²) in [6.07, 6.45) is -0.144. The summed E-state index contributed by atoms with van der Waals surface area (Å²) in [5.74, 6) is -1.62. The molecule has 0 saturated heterocycles. The molecule has 6 heteroatoms. The largest absolute Gasteiger partial charge is 0.507 e. The number of aromatic hydroxyl groups is 1. The molecule has 0 heterocycles. The molecular formula is C14H18O6. The molecule has 0 aliphatic rings. The van der Waals surface area contributed by atoms with Gasteiger partial charge < -0.3 is 19.7 Å². The number of phenolic OH excluding ortho intramolecular Hbond substituents is 1. The van der Waals surface area contributed by atoms with Gasteiger partial charge in [0.15, 0.2) is 0 Å². The maximum Gasteiger partial charge on any atom is 0.341 e. The van der Waals surface area contributed by atoms with E-state index in [0.29, 0.717) is 11.3 Å². The van der Waals surface area contributed by atoms with Crippen LogP contribution in [0.2, 0.25) is 0 Å². The van der Waals surface area contributed by atoms with Crippen LogP contribution in [0.5, 0.6) is 11.5 Å². The maximum atomic E-state index is 11.6. The fraction of sp³-hybridized carbons (Fsp3) is 0.429. The molecule has 0 aliphatic heterocycles. The summed E-state index contributed by atoms with van der Waals surface area (Å²) in [5, 5.41) is 18.8. The highest BCUT2D eigenvalue weighted by Gasteiger charge is 2.30. The number of aliphatic carboxylic acids is 1. The third-order valence-electron chi connectivity index (χ3n) is 3.05. The molecule has 0 saturated carbocycles. The lowest BCUT2D eigenvalue weighted by Crippen LogP contribution is -2.23. The maximum absolute atomic E-state index is 11.6. The molecule has 0 aromatic heterocycles. The number of carboxylic acids is 1. The number of phenols is 1. The minimum Gasteiger partial charge on any atom is -0.507 e. The van der Waals surface area contributed by atoms with Crippen molar-refractivity contribution in [3.63, 3.8) is 0 Å². The van der Waals surface area contributed by atoms with E-state index >= 15 is 0 Å². The Labute approximate surface area is 116 Å². The number of esters is 1. The molecule has 0 spiro atoms. The molecular weight excluding hydrogens is 264 g/mol. The number of carbonyl (C=O) groups is 2.